The van der Waals surface area contributed by atoms with Gasteiger partial charge in [-0.25, -0.2) is 0 Å². The van der Waals surface area contributed by atoms with Crippen LogP contribution in [-0.2, 0) is 14.9 Å². The summed E-state index contributed by atoms with van der Waals surface area (Å²) in [5.74, 6) is 0.107. The summed E-state index contributed by atoms with van der Waals surface area (Å²) in [5, 5.41) is 0.749. The van der Waals surface area contributed by atoms with E-state index in [-0.39, 0.29) is 15.3 Å². The monoisotopic (exact) mass is 532 g/mol. The van der Waals surface area contributed by atoms with Crippen LogP contribution in [-0.4, -0.2) is 55.9 Å². The Bertz CT molecular complexity index is 786. The Hall–Kier alpha value is -0.860. The van der Waals surface area contributed by atoms with E-state index in [0.717, 1.165) is 64.9 Å². The average molecular weight is 533 g/mol. The van der Waals surface area contributed by atoms with Gasteiger partial charge in [-0.05, 0) is 0 Å². The van der Waals surface area contributed by atoms with Crippen molar-refractivity contribution in [3.8, 4) is 0 Å². The predicted molar refractivity (Wildman–Crippen MR) is 126 cm³/mol. The number of alkyl halides is 2. The number of benzene rings is 1. The average Bonchev–Trinajstić information content (AvgIpc) is 3.03. The zero-order chi connectivity index (χ0) is 20.6. The second kappa shape index (κ2) is 8.71. The van der Waals surface area contributed by atoms with Gasteiger partial charge in [0.25, 0.3) is 0 Å². The summed E-state index contributed by atoms with van der Waals surface area (Å²) >= 11 is 4.76. The van der Waals surface area contributed by atoms with Crippen LogP contribution in [0.25, 0.3) is 0 Å². The van der Waals surface area contributed by atoms with Gasteiger partial charge in [-0.2, -0.15) is 0 Å². The van der Waals surface area contributed by atoms with E-state index < -0.39 is 19.8 Å². The number of amides is 1. The number of ether oxygens (including phenoxy) is 1. The number of hydrogen-bond donors (Lipinski definition) is 0. The van der Waals surface area contributed by atoms with Crippen LogP contribution in [0.15, 0.2) is 18.2 Å². The van der Waals surface area contributed by atoms with Crippen molar-refractivity contribution in [2.45, 2.75) is 51.0 Å². The molecule has 160 valence electrons. The Kier molecular flexibility index (Phi) is 6.42. The number of halogens is 2. The molecule has 1 amide bonds. The van der Waals surface area contributed by atoms with Crippen LogP contribution in [0.4, 0.5) is 10.5 Å². The Morgan fingerprint density at radius 2 is 1.93 bits per heavy atom. The van der Waals surface area contributed by atoms with Crippen molar-refractivity contribution < 1.29 is 14.3 Å². The van der Waals surface area contributed by atoms with Gasteiger partial charge in [0, 0.05) is 0 Å². The first kappa shape index (κ1) is 21.4. The van der Waals surface area contributed by atoms with Gasteiger partial charge in [0.1, 0.15) is 0 Å². The second-order valence-corrected chi connectivity index (χ2v) is 14.4. The number of anilines is 1. The fourth-order valence-electron chi connectivity index (χ4n) is 5.13. The van der Waals surface area contributed by atoms with E-state index in [4.69, 9.17) is 16.3 Å². The maximum atomic E-state index is 12.2. The van der Waals surface area contributed by atoms with Crippen LogP contribution in [0.5, 0.6) is 0 Å². The van der Waals surface area contributed by atoms with Crippen LogP contribution in [0.1, 0.15) is 45.1 Å². The minimum atomic E-state index is -1.56. The Labute approximate surface area is 185 Å². The quantitative estimate of drug-likeness (QED) is 0.317. The zero-order valence-corrected chi connectivity index (χ0v) is 20.2. The van der Waals surface area contributed by atoms with Crippen molar-refractivity contribution in [2.75, 3.05) is 40.0 Å². The van der Waals surface area contributed by atoms with Crippen LogP contribution in [0.3, 0.4) is 0 Å². The third-order valence-corrected chi connectivity index (χ3v) is 12.4. The van der Waals surface area contributed by atoms with E-state index >= 15 is 0 Å². The molecule has 3 aliphatic heterocycles. The molecule has 5 nitrogen and oxygen atoms in total. The number of nitrogens with zero attached hydrogens (tertiary/aromatic N) is 2. The van der Waals surface area contributed by atoms with Gasteiger partial charge in [-0.3, -0.25) is 0 Å². The van der Waals surface area contributed by atoms with Crippen LogP contribution in [0.2, 0.25) is 5.02 Å². The molecule has 1 aromatic carbocycles. The van der Waals surface area contributed by atoms with E-state index in [0.29, 0.717) is 12.6 Å². The van der Waals surface area contributed by atoms with E-state index in [1.54, 1.807) is 6.92 Å². The Balaban J connectivity index is 1.41. The molecular formula is C22H30ClIN2O3. The molecule has 0 atom stereocenters. The first-order valence-corrected chi connectivity index (χ1v) is 15.0. The molecule has 0 aliphatic carbocycles. The van der Waals surface area contributed by atoms with Gasteiger partial charge in [-0.15, -0.1) is 0 Å². The zero-order valence-electron chi connectivity index (χ0n) is 17.3. The van der Waals surface area contributed by atoms with E-state index in [2.05, 4.69) is 11.0 Å². The second-order valence-electron chi connectivity index (χ2n) is 8.32. The van der Waals surface area contributed by atoms with Crippen LogP contribution in [0, 0.1) is 0 Å². The standard InChI is InChI=1S/C22H30ClIN2O3/c1-3-29-21(28)24-10-6-18(7-11-24)25-12-8-22(9-13-25)15-26(16(2)27)20-5-4-17(23)14-19(20)22/h4-5,14,18H,3,6-13,15H2,1-2H3. The van der Waals surface area contributed by atoms with Gasteiger partial charge in [0.05, 0.1) is 0 Å². The van der Waals surface area contributed by atoms with Crippen molar-refractivity contribution in [1.29, 1.82) is 0 Å². The van der Waals surface area contributed by atoms with Crippen molar-refractivity contribution in [2.24, 2.45) is 0 Å². The summed E-state index contributed by atoms with van der Waals surface area (Å²) in [5.41, 5.74) is 2.32. The summed E-state index contributed by atoms with van der Waals surface area (Å²) < 4.78 is 7.59. The molecule has 7 heteroatoms. The van der Waals surface area contributed by atoms with Gasteiger partial charge >= 0.3 is 186 Å². The third-order valence-electron chi connectivity index (χ3n) is 6.75. The molecule has 0 bridgehead atoms. The fraction of sp³-hybridized carbons (Fsp3) is 0.636. The van der Waals surface area contributed by atoms with Crippen molar-refractivity contribution >= 4 is 47.0 Å². The topological polar surface area (TPSA) is 49.9 Å². The molecule has 0 saturated carbocycles. The maximum absolute atomic E-state index is 12.2. The Morgan fingerprint density at radius 3 is 2.55 bits per heavy atom. The molecule has 1 aromatic rings. The van der Waals surface area contributed by atoms with Crippen molar-refractivity contribution in [1.82, 2.24) is 4.90 Å². The van der Waals surface area contributed by atoms with Crippen molar-refractivity contribution in [3.05, 3.63) is 28.8 Å². The molecule has 2 fully saturated rings. The number of fused-ring (bicyclic) bond motifs is 2. The molecule has 0 radical (unpaired) electrons. The SMILES string of the molecule is CCOC(=O)I1CCC(N2CCC3(CC2)CN(C(C)=O)c2ccc(Cl)cc23)CC1. The van der Waals surface area contributed by atoms with E-state index in [1.807, 2.05) is 24.0 Å². The first-order chi connectivity index (χ1) is 13.9. The molecular weight excluding hydrogens is 503 g/mol. The number of carbonyl (C=O) groups is 2. The molecule has 2 saturated heterocycles. The van der Waals surface area contributed by atoms with Gasteiger partial charge in [0.15, 0.2) is 0 Å². The predicted octanol–water partition coefficient (Wildman–Crippen LogP) is 4.87. The Morgan fingerprint density at radius 1 is 1.24 bits per heavy atom. The van der Waals surface area contributed by atoms with E-state index in [9.17, 15) is 9.59 Å². The molecule has 3 aliphatic rings. The first-order valence-electron chi connectivity index (χ1n) is 10.5. The fourth-order valence-corrected chi connectivity index (χ4v) is 10.4. The molecule has 0 aromatic heterocycles. The van der Waals surface area contributed by atoms with E-state index in [1.165, 1.54) is 5.56 Å². The molecule has 1 spiro atoms. The third kappa shape index (κ3) is 4.17. The molecule has 0 unspecified atom stereocenters. The normalized spacial score (nSPS) is 23.3. The molecule has 0 N–H and O–H groups in total. The summed E-state index contributed by atoms with van der Waals surface area (Å²) in [6.45, 7) is 6.93. The summed E-state index contributed by atoms with van der Waals surface area (Å²) in [6.07, 6.45) is 4.39. The number of hydrogen-bond acceptors (Lipinski definition) is 4. The molecule has 3 heterocycles. The number of carbonyl (C=O) groups excluding carboxylic acids is 2. The summed E-state index contributed by atoms with van der Waals surface area (Å²) in [7, 11) is 0. The van der Waals surface area contributed by atoms with Crippen molar-refractivity contribution in [3.63, 3.8) is 0 Å². The molecule has 4 rings (SSSR count). The van der Waals surface area contributed by atoms with Gasteiger partial charge in [0.2, 0.25) is 0 Å². The summed E-state index contributed by atoms with van der Waals surface area (Å²) in [4.78, 5) is 28.8. The van der Waals surface area contributed by atoms with Gasteiger partial charge < -0.3 is 0 Å². The number of rotatable bonds is 3. The van der Waals surface area contributed by atoms with Gasteiger partial charge in [-0.1, -0.05) is 0 Å². The minimum absolute atomic E-state index is 0.0282. The van der Waals surface area contributed by atoms with Crippen LogP contribution < -0.4 is 4.90 Å². The summed E-state index contributed by atoms with van der Waals surface area (Å²) in [6, 6.07) is 6.56. The number of likely N-dealkylation sites (tertiary alicyclic amines) is 1. The van der Waals surface area contributed by atoms with Crippen LogP contribution >= 0.6 is 31.4 Å². The molecule has 29 heavy (non-hydrogen) atoms. The number of piperidine rings is 1.